The first-order valence-electron chi connectivity index (χ1n) is 9.91. The van der Waals surface area contributed by atoms with E-state index in [9.17, 15) is 4.89 Å². The minimum atomic E-state index is -3.04. The Morgan fingerprint density at radius 3 is 2.28 bits per heavy atom. The Kier molecular flexibility index (Phi) is 14.7. The Balaban J connectivity index is 0.00000392. The molecule has 2 heterocycles. The van der Waals surface area contributed by atoms with Crippen LogP contribution in [0.15, 0.2) is 0 Å². The summed E-state index contributed by atoms with van der Waals surface area (Å²) in [6, 6.07) is 0. The van der Waals surface area contributed by atoms with Crippen LogP contribution in [-0.2, 0) is 70.1 Å². The molecule has 2 unspecified atom stereocenters. The van der Waals surface area contributed by atoms with Gasteiger partial charge in [-0.25, -0.2) is 4.52 Å². The minimum absolute atomic E-state index is 0. The topological polar surface area (TPSA) is 75.6 Å². The summed E-state index contributed by atoms with van der Waals surface area (Å²) in [4.78, 5) is 10.7. The fraction of sp³-hybridized carbons (Fsp3) is 0.947. The Morgan fingerprint density at radius 1 is 1.03 bits per heavy atom. The molecule has 0 aromatic heterocycles. The molecule has 1 N–H and O–H groups in total. The zero-order valence-electron chi connectivity index (χ0n) is 18.5. The van der Waals surface area contributed by atoms with Gasteiger partial charge in [0, 0.05) is 54.7 Å². The molecule has 7 nitrogen and oxygen atoms in total. The summed E-state index contributed by atoms with van der Waals surface area (Å²) in [7, 11) is -3.04. The molecule has 0 bridgehead atoms. The second-order valence-electron chi connectivity index (χ2n) is 8.07. The van der Waals surface area contributed by atoms with Crippen molar-refractivity contribution in [1.82, 2.24) is 0 Å². The summed E-state index contributed by atoms with van der Waals surface area (Å²) in [5, 5.41) is 0. The number of ether oxygens (including phenoxy) is 4. The van der Waals surface area contributed by atoms with E-state index in [4.69, 9.17) is 28.0 Å². The number of hydrogen-bond acceptors (Lipinski definition) is 7. The summed E-state index contributed by atoms with van der Waals surface area (Å²) in [6.07, 6.45) is 2.18. The summed E-state index contributed by atoms with van der Waals surface area (Å²) in [5.74, 6) is 0. The maximum absolute atomic E-state index is 10.7. The van der Waals surface area contributed by atoms with E-state index in [-0.39, 0.29) is 97.6 Å². The van der Waals surface area contributed by atoms with Gasteiger partial charge in [-0.1, -0.05) is 13.0 Å². The van der Waals surface area contributed by atoms with Crippen LogP contribution in [0.1, 0.15) is 48.0 Å². The van der Waals surface area contributed by atoms with Crippen LogP contribution in [0.25, 0.3) is 0 Å². The Labute approximate surface area is 205 Å². The Bertz CT molecular complexity index is 456. The molecular weight excluding hydrogens is 739 g/mol. The van der Waals surface area contributed by atoms with Crippen LogP contribution in [0.5, 0.6) is 0 Å². The van der Waals surface area contributed by atoms with Gasteiger partial charge in [0.2, 0.25) is 0 Å². The summed E-state index contributed by atoms with van der Waals surface area (Å²) in [6.45, 7) is 14.2. The van der Waals surface area contributed by atoms with E-state index in [0.717, 1.165) is 6.42 Å². The van der Waals surface area contributed by atoms with Crippen molar-refractivity contribution in [1.29, 1.82) is 0 Å². The quantitative estimate of drug-likeness (QED) is 0.270. The molecule has 0 aliphatic carbocycles. The first-order valence-corrected chi connectivity index (χ1v) is 11.9. The monoisotopic (exact) mass is 776 g/mol. The van der Waals surface area contributed by atoms with Gasteiger partial charge in [-0.15, -0.1) is 0 Å². The van der Waals surface area contributed by atoms with Crippen LogP contribution >= 0.6 is 7.94 Å². The third kappa shape index (κ3) is 10.8. The molecule has 7 atom stereocenters. The van der Waals surface area contributed by atoms with Gasteiger partial charge in [-0.05, 0) is 34.6 Å². The molecule has 0 aromatic carbocycles. The molecule has 10 heteroatoms. The van der Waals surface area contributed by atoms with Crippen molar-refractivity contribution in [2.45, 2.75) is 96.8 Å². The molecule has 2 aliphatic rings. The zero-order chi connectivity index (χ0) is 20.2. The van der Waals surface area contributed by atoms with Crippen LogP contribution in [-0.4, -0.2) is 73.6 Å². The van der Waals surface area contributed by atoms with E-state index >= 15 is 0 Å². The second kappa shape index (κ2) is 13.9. The van der Waals surface area contributed by atoms with Crippen LogP contribution in [0.2, 0.25) is 0 Å². The van der Waals surface area contributed by atoms with Gasteiger partial charge in [-0.3, -0.25) is 6.42 Å². The standard InChI is InChI=1S/C19H37O7P.2W/c1-12(2)21-10-18-17(9-15(6)24-18)26-27(7,20)22-11-19-16(23-13(3)4)8-14(5)25-19;;/h9,12-20H,8,10-11H2,1-7H3;;/t14-,15-,16?,17+,18+,19+,27?;;/m0../s1. The van der Waals surface area contributed by atoms with Gasteiger partial charge in [0.1, 0.15) is 19.4 Å². The molecule has 2 rings (SSSR count). The van der Waals surface area contributed by atoms with Crippen molar-refractivity contribution >= 4 is 7.94 Å². The van der Waals surface area contributed by atoms with E-state index in [2.05, 4.69) is 0 Å². The van der Waals surface area contributed by atoms with Gasteiger partial charge >= 0.3 is 7.94 Å². The third-order valence-electron chi connectivity index (χ3n) is 4.44. The Morgan fingerprint density at radius 2 is 1.69 bits per heavy atom. The van der Waals surface area contributed by atoms with Gasteiger partial charge in [0.25, 0.3) is 0 Å². The van der Waals surface area contributed by atoms with Crippen molar-refractivity contribution in [2.75, 3.05) is 19.9 Å². The average molecular weight is 776 g/mol. The molecule has 2 fully saturated rings. The minimum Gasteiger partial charge on any atom is -0.404 e. The molecule has 2 aliphatic heterocycles. The van der Waals surface area contributed by atoms with Crippen LogP contribution in [0.3, 0.4) is 0 Å². The van der Waals surface area contributed by atoms with Gasteiger partial charge in [0.05, 0.1) is 37.1 Å². The molecule has 0 radical (unpaired) electrons. The fourth-order valence-corrected chi connectivity index (χ4v) is 4.48. The SMILES string of the molecule is CC(C)OC[C@H]1O[C@@H](C)[CH-][C@H]1O[P+](C)(O)OC[C@H]1O[C@@H](C)CC1OC(C)C.[W].[W]. The first-order chi connectivity index (χ1) is 12.6. The number of hydrogen-bond donors (Lipinski definition) is 1. The van der Waals surface area contributed by atoms with Crippen molar-refractivity contribution in [3.63, 3.8) is 0 Å². The van der Waals surface area contributed by atoms with E-state index in [0.29, 0.717) is 6.61 Å². The maximum Gasteiger partial charge on any atom is 0.403 e. The third-order valence-corrected chi connectivity index (χ3v) is 5.70. The van der Waals surface area contributed by atoms with Crippen molar-refractivity contribution < 1.29 is 75.0 Å². The second-order valence-corrected chi connectivity index (χ2v) is 10.1. The molecule has 0 spiro atoms. The molecular formula is C19H37O7PW2. The molecule has 172 valence electrons. The van der Waals surface area contributed by atoms with Gasteiger partial charge in [-0.2, -0.15) is 9.42 Å². The molecule has 29 heavy (non-hydrogen) atoms. The van der Waals surface area contributed by atoms with Crippen molar-refractivity contribution in [3.05, 3.63) is 6.42 Å². The van der Waals surface area contributed by atoms with E-state index < -0.39 is 7.94 Å². The normalized spacial score (nSPS) is 34.1. The maximum atomic E-state index is 10.7. The van der Waals surface area contributed by atoms with Crippen molar-refractivity contribution in [3.8, 4) is 0 Å². The molecule has 0 saturated carbocycles. The smallest absolute Gasteiger partial charge is 0.403 e. The molecule has 0 aromatic rings. The van der Waals surface area contributed by atoms with Crippen molar-refractivity contribution in [2.24, 2.45) is 0 Å². The van der Waals surface area contributed by atoms with E-state index in [1.54, 1.807) is 6.66 Å². The van der Waals surface area contributed by atoms with Crippen LogP contribution < -0.4 is 0 Å². The largest absolute Gasteiger partial charge is 0.404 e. The fourth-order valence-electron chi connectivity index (χ4n) is 3.34. The zero-order valence-corrected chi connectivity index (χ0v) is 25.2. The summed E-state index contributed by atoms with van der Waals surface area (Å²) in [5.41, 5.74) is 0. The predicted octanol–water partition coefficient (Wildman–Crippen LogP) is 3.16. The summed E-state index contributed by atoms with van der Waals surface area (Å²) < 4.78 is 35.0. The van der Waals surface area contributed by atoms with E-state index in [1.165, 1.54) is 0 Å². The van der Waals surface area contributed by atoms with Gasteiger partial charge < -0.3 is 18.9 Å². The predicted molar refractivity (Wildman–Crippen MR) is 105 cm³/mol. The van der Waals surface area contributed by atoms with Crippen LogP contribution in [0.4, 0.5) is 0 Å². The van der Waals surface area contributed by atoms with Gasteiger partial charge in [0.15, 0.2) is 0 Å². The average Bonchev–Trinajstić information content (AvgIpc) is 3.04. The van der Waals surface area contributed by atoms with E-state index in [1.807, 2.05) is 48.0 Å². The summed E-state index contributed by atoms with van der Waals surface area (Å²) >= 11 is 0. The van der Waals surface area contributed by atoms with Crippen LogP contribution in [0, 0.1) is 6.42 Å². The first kappa shape index (κ1) is 30.5. The molecule has 0 amide bonds. The Hall–Kier alpha value is 1.53. The molecule has 2 saturated heterocycles. The number of rotatable bonds is 10.